The van der Waals surface area contributed by atoms with Crippen molar-refractivity contribution in [2.24, 2.45) is 0 Å². The fraction of sp³-hybridized carbons (Fsp3) is 0.143. The fourth-order valence-corrected chi connectivity index (χ4v) is 4.05. The van der Waals surface area contributed by atoms with E-state index in [-0.39, 0.29) is 5.91 Å². The molecule has 5 aromatic rings. The maximum atomic E-state index is 13.1. The molecule has 0 fully saturated rings. The zero-order chi connectivity index (χ0) is 23.7. The second-order valence-corrected chi connectivity index (χ2v) is 8.25. The van der Waals surface area contributed by atoms with Crippen LogP contribution < -0.4 is 10.1 Å². The van der Waals surface area contributed by atoms with Crippen LogP contribution in [0.15, 0.2) is 83.4 Å². The number of para-hydroxylation sites is 1. The molecule has 1 amide bonds. The molecule has 0 saturated heterocycles. The molecule has 0 spiro atoms. The Hall–Kier alpha value is -4.32. The number of aromatic nitrogens is 2. The molecule has 0 aliphatic heterocycles. The number of furan rings is 1. The maximum absolute atomic E-state index is 13.1. The highest BCUT2D eigenvalue weighted by molar-refractivity contribution is 5.99. The Balaban J connectivity index is 1.46. The summed E-state index contributed by atoms with van der Waals surface area (Å²) in [6.45, 7) is 4.22. The van der Waals surface area contributed by atoms with Gasteiger partial charge in [-0.3, -0.25) is 4.79 Å². The van der Waals surface area contributed by atoms with E-state index in [0.29, 0.717) is 12.3 Å². The van der Waals surface area contributed by atoms with Crippen LogP contribution >= 0.6 is 0 Å². The van der Waals surface area contributed by atoms with Gasteiger partial charge in [0.25, 0.3) is 5.91 Å². The van der Waals surface area contributed by atoms with Gasteiger partial charge in [-0.1, -0.05) is 30.3 Å². The standard InChI is InChI=1S/C28H25N3O3/c1-18-9-14-24-19(2)27(34-25(24)15-18)28(32)29-16-21-17-31(22-7-5-4-6-8-22)30-26(21)20-10-12-23(33-3)13-11-20/h4-15,17H,16H2,1-3H3,(H,29,32). The van der Waals surface area contributed by atoms with Crippen molar-refractivity contribution in [3.63, 3.8) is 0 Å². The Morgan fingerprint density at radius 1 is 1.03 bits per heavy atom. The number of hydrogen-bond acceptors (Lipinski definition) is 4. The van der Waals surface area contributed by atoms with Crippen LogP contribution in [0.3, 0.4) is 0 Å². The van der Waals surface area contributed by atoms with Crippen molar-refractivity contribution in [2.75, 3.05) is 7.11 Å². The summed E-state index contributed by atoms with van der Waals surface area (Å²) in [7, 11) is 1.64. The van der Waals surface area contributed by atoms with Crippen molar-refractivity contribution in [3.8, 4) is 22.7 Å². The largest absolute Gasteiger partial charge is 0.497 e. The molecule has 0 unspecified atom stereocenters. The van der Waals surface area contributed by atoms with Crippen molar-refractivity contribution < 1.29 is 13.9 Å². The zero-order valence-corrected chi connectivity index (χ0v) is 19.3. The van der Waals surface area contributed by atoms with Crippen LogP contribution in [-0.4, -0.2) is 22.8 Å². The fourth-order valence-electron chi connectivity index (χ4n) is 4.05. The van der Waals surface area contributed by atoms with Crippen molar-refractivity contribution >= 4 is 16.9 Å². The lowest BCUT2D eigenvalue weighted by atomic mass is 10.1. The number of aryl methyl sites for hydroxylation is 2. The summed E-state index contributed by atoms with van der Waals surface area (Å²) < 4.78 is 13.0. The minimum absolute atomic E-state index is 0.250. The van der Waals surface area contributed by atoms with Crippen LogP contribution in [0, 0.1) is 13.8 Å². The monoisotopic (exact) mass is 451 g/mol. The first kappa shape index (κ1) is 21.5. The summed E-state index contributed by atoms with van der Waals surface area (Å²) in [5, 5.41) is 8.79. The Bertz CT molecular complexity index is 1460. The first-order valence-corrected chi connectivity index (χ1v) is 11.1. The first-order chi connectivity index (χ1) is 16.5. The molecule has 0 bridgehead atoms. The molecular weight excluding hydrogens is 426 g/mol. The molecular formula is C28H25N3O3. The number of rotatable bonds is 6. The molecule has 6 nitrogen and oxygen atoms in total. The number of nitrogens with one attached hydrogen (secondary N) is 1. The molecule has 170 valence electrons. The molecule has 2 aromatic heterocycles. The van der Waals surface area contributed by atoms with Gasteiger partial charge in [0.05, 0.1) is 18.5 Å². The highest BCUT2D eigenvalue weighted by Gasteiger charge is 2.19. The van der Waals surface area contributed by atoms with Crippen LogP contribution in [0.4, 0.5) is 0 Å². The summed E-state index contributed by atoms with van der Waals surface area (Å²) in [5.74, 6) is 0.859. The van der Waals surface area contributed by atoms with Crippen LogP contribution in [0.1, 0.15) is 27.2 Å². The Kier molecular flexibility index (Phi) is 5.64. The van der Waals surface area contributed by atoms with E-state index in [2.05, 4.69) is 5.32 Å². The summed E-state index contributed by atoms with van der Waals surface area (Å²) >= 11 is 0. The summed E-state index contributed by atoms with van der Waals surface area (Å²) in [5.41, 5.74) is 6.22. The highest BCUT2D eigenvalue weighted by atomic mass is 16.5. The van der Waals surface area contributed by atoms with E-state index < -0.39 is 0 Å². The van der Waals surface area contributed by atoms with E-state index in [4.69, 9.17) is 14.3 Å². The normalized spacial score (nSPS) is 11.0. The quantitative estimate of drug-likeness (QED) is 0.352. The van der Waals surface area contributed by atoms with Crippen LogP contribution in [0.25, 0.3) is 27.9 Å². The summed E-state index contributed by atoms with van der Waals surface area (Å²) in [4.78, 5) is 13.1. The molecule has 2 heterocycles. The van der Waals surface area contributed by atoms with Gasteiger partial charge in [-0.05, 0) is 61.9 Å². The van der Waals surface area contributed by atoms with E-state index in [1.54, 1.807) is 7.11 Å². The van der Waals surface area contributed by atoms with Crippen molar-refractivity contribution in [1.82, 2.24) is 15.1 Å². The van der Waals surface area contributed by atoms with Gasteiger partial charge in [-0.25, -0.2) is 4.68 Å². The molecule has 3 aromatic carbocycles. The van der Waals surface area contributed by atoms with E-state index in [1.807, 2.05) is 97.5 Å². The van der Waals surface area contributed by atoms with Gasteiger partial charge >= 0.3 is 0 Å². The molecule has 0 aliphatic rings. The Labute approximate surface area is 197 Å². The van der Waals surface area contributed by atoms with Crippen LogP contribution in [-0.2, 0) is 6.54 Å². The average molecular weight is 452 g/mol. The Morgan fingerprint density at radius 3 is 2.53 bits per heavy atom. The predicted octanol–water partition coefficient (Wildman–Crippen LogP) is 5.84. The van der Waals surface area contributed by atoms with Crippen molar-refractivity contribution in [1.29, 1.82) is 0 Å². The van der Waals surface area contributed by atoms with Crippen molar-refractivity contribution in [3.05, 3.63) is 101 Å². The number of ether oxygens (including phenoxy) is 1. The lowest BCUT2D eigenvalue weighted by molar-refractivity contribution is 0.0924. The minimum Gasteiger partial charge on any atom is -0.497 e. The number of nitrogens with zero attached hydrogens (tertiary/aromatic N) is 2. The summed E-state index contributed by atoms with van der Waals surface area (Å²) in [6, 6.07) is 23.6. The van der Waals surface area contributed by atoms with Gasteiger partial charge in [-0.15, -0.1) is 0 Å². The number of carbonyl (C=O) groups excluding carboxylic acids is 1. The van der Waals surface area contributed by atoms with Gasteiger partial charge in [-0.2, -0.15) is 5.10 Å². The van der Waals surface area contributed by atoms with Gasteiger partial charge in [0.15, 0.2) is 5.76 Å². The molecule has 1 N–H and O–H groups in total. The molecule has 5 rings (SSSR count). The van der Waals surface area contributed by atoms with Gasteiger partial charge in [0, 0.05) is 34.8 Å². The second kappa shape index (κ2) is 8.90. The average Bonchev–Trinajstić information content (AvgIpc) is 3.44. The topological polar surface area (TPSA) is 69.3 Å². The smallest absolute Gasteiger partial charge is 0.287 e. The number of fused-ring (bicyclic) bond motifs is 1. The third kappa shape index (κ3) is 4.06. The first-order valence-electron chi connectivity index (χ1n) is 11.1. The number of hydrogen-bond donors (Lipinski definition) is 1. The second-order valence-electron chi connectivity index (χ2n) is 8.25. The third-order valence-electron chi connectivity index (χ3n) is 5.91. The van der Waals surface area contributed by atoms with Gasteiger partial charge in [0.2, 0.25) is 0 Å². The molecule has 6 heteroatoms. The molecule has 0 saturated carbocycles. The van der Waals surface area contributed by atoms with E-state index in [0.717, 1.165) is 50.4 Å². The van der Waals surface area contributed by atoms with Gasteiger partial charge in [0.1, 0.15) is 11.3 Å². The predicted molar refractivity (Wildman–Crippen MR) is 132 cm³/mol. The molecule has 0 radical (unpaired) electrons. The number of carbonyl (C=O) groups is 1. The Morgan fingerprint density at radius 2 is 1.79 bits per heavy atom. The zero-order valence-electron chi connectivity index (χ0n) is 19.3. The van der Waals surface area contributed by atoms with Crippen molar-refractivity contribution in [2.45, 2.75) is 20.4 Å². The molecule has 0 aliphatic carbocycles. The third-order valence-corrected chi connectivity index (χ3v) is 5.91. The van der Waals surface area contributed by atoms with E-state index >= 15 is 0 Å². The molecule has 34 heavy (non-hydrogen) atoms. The summed E-state index contributed by atoms with van der Waals surface area (Å²) in [6.07, 6.45) is 1.95. The van der Waals surface area contributed by atoms with E-state index in [1.165, 1.54) is 0 Å². The maximum Gasteiger partial charge on any atom is 0.287 e. The van der Waals surface area contributed by atoms with Gasteiger partial charge < -0.3 is 14.5 Å². The number of methoxy groups -OCH3 is 1. The number of benzene rings is 3. The van der Waals surface area contributed by atoms with Crippen LogP contribution in [0.5, 0.6) is 5.75 Å². The minimum atomic E-state index is -0.250. The lowest BCUT2D eigenvalue weighted by Gasteiger charge is -2.06. The highest BCUT2D eigenvalue weighted by Crippen LogP contribution is 2.28. The number of amides is 1. The van der Waals surface area contributed by atoms with Crippen LogP contribution in [0.2, 0.25) is 0 Å². The SMILES string of the molecule is COc1ccc(-c2nn(-c3ccccc3)cc2CNC(=O)c2oc3cc(C)ccc3c2C)cc1. The lowest BCUT2D eigenvalue weighted by Crippen LogP contribution is -2.23. The molecule has 0 atom stereocenters. The van der Waals surface area contributed by atoms with E-state index in [9.17, 15) is 4.79 Å².